The summed E-state index contributed by atoms with van der Waals surface area (Å²) >= 11 is 1.41. The van der Waals surface area contributed by atoms with E-state index in [4.69, 9.17) is 14.1 Å². The summed E-state index contributed by atoms with van der Waals surface area (Å²) in [7, 11) is 2.10. The molecule has 3 aromatic rings. The number of aliphatic hydroxyl groups is 1. The summed E-state index contributed by atoms with van der Waals surface area (Å²) in [5, 5.41) is 19.1. The van der Waals surface area contributed by atoms with Crippen molar-refractivity contribution >= 4 is 27.6 Å². The van der Waals surface area contributed by atoms with Gasteiger partial charge in [0.05, 0.1) is 29.6 Å². The van der Waals surface area contributed by atoms with Gasteiger partial charge in [0.1, 0.15) is 22.7 Å². The number of rotatable bonds is 3. The second-order valence-corrected chi connectivity index (χ2v) is 9.40. The Morgan fingerprint density at radius 3 is 2.77 bits per heavy atom. The van der Waals surface area contributed by atoms with Crippen LogP contribution >= 0.6 is 11.5 Å². The topological polar surface area (TPSA) is 90.4 Å². The number of aryl methyl sites for hydroxylation is 1. The highest BCUT2D eigenvalue weighted by molar-refractivity contribution is 7.13. The minimum atomic E-state index is -0.872. The van der Waals surface area contributed by atoms with Gasteiger partial charge < -0.3 is 19.6 Å². The van der Waals surface area contributed by atoms with Crippen LogP contribution in [-0.2, 0) is 10.3 Å². The number of H-pyrrole nitrogens is 1. The van der Waals surface area contributed by atoms with Crippen LogP contribution in [0.4, 0.5) is 5.82 Å². The number of pyridine rings is 1. The molecule has 0 saturated carbocycles. The molecule has 9 heteroatoms. The largest absolute Gasteiger partial charge is 0.385 e. The van der Waals surface area contributed by atoms with Crippen LogP contribution in [0, 0.1) is 6.92 Å². The fourth-order valence-electron chi connectivity index (χ4n) is 4.43. The number of ether oxygens (including phenoxy) is 1. The highest BCUT2D eigenvalue weighted by atomic mass is 32.1. The number of nitrogens with zero attached hydrogens (tertiary/aromatic N) is 5. The molecule has 2 aliphatic heterocycles. The second kappa shape index (κ2) is 7.56. The molecule has 2 aliphatic rings. The Morgan fingerprint density at radius 1 is 1.27 bits per heavy atom. The number of hydrogen-bond acceptors (Lipinski definition) is 8. The lowest BCUT2D eigenvalue weighted by Gasteiger charge is -2.38. The molecule has 2 N–H and O–H groups in total. The van der Waals surface area contributed by atoms with Gasteiger partial charge in [-0.05, 0) is 57.4 Å². The van der Waals surface area contributed by atoms with E-state index in [1.54, 1.807) is 0 Å². The van der Waals surface area contributed by atoms with E-state index in [-0.39, 0.29) is 6.04 Å². The number of piperidine rings is 1. The Morgan fingerprint density at radius 2 is 2.07 bits per heavy atom. The molecule has 0 aromatic carbocycles. The van der Waals surface area contributed by atoms with Crippen molar-refractivity contribution in [2.45, 2.75) is 38.3 Å². The Hall–Kier alpha value is -2.07. The molecule has 0 amide bonds. The molecule has 5 heterocycles. The van der Waals surface area contributed by atoms with E-state index in [0.717, 1.165) is 58.3 Å². The number of anilines is 1. The molecule has 2 fully saturated rings. The molecular weight excluding hydrogens is 400 g/mol. The van der Waals surface area contributed by atoms with Crippen LogP contribution in [0.3, 0.4) is 0 Å². The average Bonchev–Trinajstić information content (AvgIpc) is 3.36. The lowest BCUT2D eigenvalue weighted by Crippen LogP contribution is -2.44. The van der Waals surface area contributed by atoms with Crippen molar-refractivity contribution < 1.29 is 9.84 Å². The fourth-order valence-corrected chi connectivity index (χ4v) is 5.37. The van der Waals surface area contributed by atoms with Crippen LogP contribution in [0.25, 0.3) is 21.6 Å². The first-order valence-corrected chi connectivity index (χ1v) is 11.3. The number of hydrogen-bond donors (Lipinski definition) is 2. The molecule has 2 saturated heterocycles. The molecule has 1 atom stereocenters. The smallest absolute Gasteiger partial charge is 0.131 e. The van der Waals surface area contributed by atoms with Gasteiger partial charge in [0, 0.05) is 30.9 Å². The first kappa shape index (κ1) is 19.9. The van der Waals surface area contributed by atoms with Crippen LogP contribution in [0.2, 0.25) is 0 Å². The van der Waals surface area contributed by atoms with E-state index in [1.165, 1.54) is 11.5 Å². The Bertz CT molecular complexity index is 1060. The van der Waals surface area contributed by atoms with Gasteiger partial charge >= 0.3 is 0 Å². The molecule has 0 aliphatic carbocycles. The summed E-state index contributed by atoms with van der Waals surface area (Å²) < 4.78 is 11.3. The Kier molecular flexibility index (Phi) is 5.01. The number of fused-ring (bicyclic) bond motifs is 1. The first-order valence-electron chi connectivity index (χ1n) is 10.5. The van der Waals surface area contributed by atoms with Crippen molar-refractivity contribution in [3.05, 3.63) is 23.4 Å². The van der Waals surface area contributed by atoms with Crippen LogP contribution in [0.5, 0.6) is 0 Å². The fraction of sp³-hybridized carbons (Fsp3) is 0.571. The third kappa shape index (κ3) is 3.39. The zero-order valence-corrected chi connectivity index (χ0v) is 18.5. The number of aromatic amines is 1. The van der Waals surface area contributed by atoms with Gasteiger partial charge in [0.2, 0.25) is 0 Å². The second-order valence-electron chi connectivity index (χ2n) is 8.63. The zero-order chi connectivity index (χ0) is 20.9. The van der Waals surface area contributed by atoms with Crippen LogP contribution in [-0.4, -0.2) is 75.5 Å². The third-order valence-corrected chi connectivity index (χ3v) is 7.21. The predicted molar refractivity (Wildman–Crippen MR) is 118 cm³/mol. The molecule has 30 heavy (non-hydrogen) atoms. The number of aromatic nitrogens is 4. The molecule has 0 bridgehead atoms. The maximum absolute atomic E-state index is 11.7. The van der Waals surface area contributed by atoms with Crippen molar-refractivity contribution in [2.75, 3.05) is 44.8 Å². The van der Waals surface area contributed by atoms with Crippen molar-refractivity contribution in [2.24, 2.45) is 0 Å². The van der Waals surface area contributed by atoms with Gasteiger partial charge in [-0.2, -0.15) is 9.47 Å². The van der Waals surface area contributed by atoms with Crippen molar-refractivity contribution in [3.8, 4) is 11.4 Å². The molecular formula is C21H28N6O2S. The van der Waals surface area contributed by atoms with E-state index < -0.39 is 5.60 Å². The van der Waals surface area contributed by atoms with Gasteiger partial charge in [-0.3, -0.25) is 5.10 Å². The average molecular weight is 429 g/mol. The van der Waals surface area contributed by atoms with E-state index in [9.17, 15) is 5.11 Å². The minimum Gasteiger partial charge on any atom is -0.385 e. The summed E-state index contributed by atoms with van der Waals surface area (Å²) in [5.74, 6) is 0.884. The summed E-state index contributed by atoms with van der Waals surface area (Å²) in [6.07, 6.45) is 1.41. The van der Waals surface area contributed by atoms with E-state index >= 15 is 0 Å². The summed E-state index contributed by atoms with van der Waals surface area (Å²) in [6, 6.07) is 4.31. The van der Waals surface area contributed by atoms with Crippen molar-refractivity contribution in [1.82, 2.24) is 24.5 Å². The predicted octanol–water partition coefficient (Wildman–Crippen LogP) is 2.53. The Balaban J connectivity index is 1.68. The van der Waals surface area contributed by atoms with Crippen molar-refractivity contribution in [1.29, 1.82) is 0 Å². The maximum atomic E-state index is 11.7. The highest BCUT2D eigenvalue weighted by Gasteiger charge is 2.37. The van der Waals surface area contributed by atoms with Crippen LogP contribution < -0.4 is 4.90 Å². The summed E-state index contributed by atoms with van der Waals surface area (Å²) in [5.41, 5.74) is 3.46. The van der Waals surface area contributed by atoms with Crippen molar-refractivity contribution in [3.63, 3.8) is 0 Å². The van der Waals surface area contributed by atoms with E-state index in [2.05, 4.69) is 40.0 Å². The number of morpholine rings is 1. The van der Waals surface area contributed by atoms with Gasteiger partial charge in [0.15, 0.2) is 0 Å². The van der Waals surface area contributed by atoms with Gasteiger partial charge in [-0.15, -0.1) is 0 Å². The molecule has 3 aromatic heterocycles. The van der Waals surface area contributed by atoms with Gasteiger partial charge in [-0.1, -0.05) is 0 Å². The highest BCUT2D eigenvalue weighted by Crippen LogP contribution is 2.42. The monoisotopic (exact) mass is 428 g/mol. The molecule has 0 spiro atoms. The SMILES string of the molecule is Cc1cc(-c2nsc3c(C4(O)CCN(C)CC4)cc(N4CCOC[C@H]4C)nc23)n[nH]1. The summed E-state index contributed by atoms with van der Waals surface area (Å²) in [6.45, 7) is 8.01. The maximum Gasteiger partial charge on any atom is 0.131 e. The third-order valence-electron chi connectivity index (χ3n) is 6.34. The van der Waals surface area contributed by atoms with Gasteiger partial charge in [0.25, 0.3) is 0 Å². The molecule has 5 rings (SSSR count). The lowest BCUT2D eigenvalue weighted by molar-refractivity contribution is -0.0189. The Labute approximate surface area is 180 Å². The number of likely N-dealkylation sites (tertiary alicyclic amines) is 1. The summed E-state index contributed by atoms with van der Waals surface area (Å²) in [4.78, 5) is 9.59. The van der Waals surface area contributed by atoms with E-state index in [0.29, 0.717) is 26.1 Å². The number of nitrogens with one attached hydrogen (secondary N) is 1. The quantitative estimate of drug-likeness (QED) is 0.662. The van der Waals surface area contributed by atoms with E-state index in [1.807, 2.05) is 13.0 Å². The molecule has 0 unspecified atom stereocenters. The normalized spacial score (nSPS) is 22.7. The van der Waals surface area contributed by atoms with Crippen LogP contribution in [0.1, 0.15) is 31.0 Å². The molecule has 8 nitrogen and oxygen atoms in total. The molecule has 160 valence electrons. The standard InChI is InChI=1S/C21H28N6O2S/c1-13-10-16(24-23-13)18-19-20(30-25-18)15(21(28)4-6-26(3)7-5-21)11-17(22-19)27-8-9-29-12-14(27)2/h10-11,14,28H,4-9,12H2,1-3H3,(H,23,24)/t14-/m1/s1. The minimum absolute atomic E-state index is 0.228. The first-order chi connectivity index (χ1) is 14.4. The van der Waals surface area contributed by atoms with Gasteiger partial charge in [-0.25, -0.2) is 4.98 Å². The van der Waals surface area contributed by atoms with Crippen LogP contribution in [0.15, 0.2) is 12.1 Å². The molecule has 0 radical (unpaired) electrons. The zero-order valence-electron chi connectivity index (χ0n) is 17.7. The lowest BCUT2D eigenvalue weighted by atomic mass is 9.84.